The maximum atomic E-state index is 12.4. The van der Waals surface area contributed by atoms with E-state index in [1.54, 1.807) is 26.4 Å². The van der Waals surface area contributed by atoms with E-state index in [2.05, 4.69) is 20.4 Å². The van der Waals surface area contributed by atoms with Gasteiger partial charge >= 0.3 is 0 Å². The zero-order chi connectivity index (χ0) is 20.8. The molecule has 1 aliphatic carbocycles. The Balaban J connectivity index is 1.88. The Bertz CT molecular complexity index is 1190. The summed E-state index contributed by atoms with van der Waals surface area (Å²) in [5.41, 5.74) is 1.12. The van der Waals surface area contributed by atoms with E-state index in [1.807, 2.05) is 6.07 Å². The number of rotatable bonds is 7. The lowest BCUT2D eigenvalue weighted by atomic mass is 10.2. The molecule has 0 spiro atoms. The van der Waals surface area contributed by atoms with Crippen molar-refractivity contribution in [1.29, 1.82) is 0 Å². The summed E-state index contributed by atoms with van der Waals surface area (Å²) in [6.45, 7) is 0.232. The van der Waals surface area contributed by atoms with Gasteiger partial charge in [-0.05, 0) is 36.6 Å². The molecule has 0 radical (unpaired) electrons. The number of methoxy groups -OCH3 is 2. The Morgan fingerprint density at radius 1 is 1.24 bits per heavy atom. The molecule has 3 aromatic rings. The maximum absolute atomic E-state index is 12.4. The first-order chi connectivity index (χ1) is 13.8. The molecule has 154 valence electrons. The summed E-state index contributed by atoms with van der Waals surface area (Å²) in [7, 11) is -0.500. The zero-order valence-electron chi connectivity index (χ0n) is 16.1. The third kappa shape index (κ3) is 3.95. The molecule has 0 unspecified atom stereocenters. The van der Waals surface area contributed by atoms with Crippen LogP contribution in [0.4, 0.5) is 5.82 Å². The lowest BCUT2D eigenvalue weighted by Gasteiger charge is -2.11. The van der Waals surface area contributed by atoms with Crippen LogP contribution in [0.3, 0.4) is 0 Å². The van der Waals surface area contributed by atoms with Gasteiger partial charge in [0, 0.05) is 23.9 Å². The molecule has 0 aliphatic heterocycles. The third-order valence-corrected chi connectivity index (χ3v) is 5.77. The summed E-state index contributed by atoms with van der Waals surface area (Å²) >= 11 is 6.13. The molecule has 9 nitrogen and oxygen atoms in total. The Labute approximate surface area is 172 Å². The molecule has 1 aromatic carbocycles. The van der Waals surface area contributed by atoms with Crippen molar-refractivity contribution in [1.82, 2.24) is 19.7 Å². The molecule has 1 aliphatic rings. The number of benzene rings is 1. The number of hydrogen-bond donors (Lipinski definition) is 1. The van der Waals surface area contributed by atoms with Gasteiger partial charge in [0.05, 0.1) is 20.8 Å². The molecule has 0 saturated heterocycles. The number of sulfone groups is 1. The first kappa shape index (κ1) is 19.7. The summed E-state index contributed by atoms with van der Waals surface area (Å²) in [6.07, 6.45) is 3.10. The van der Waals surface area contributed by atoms with Crippen LogP contribution >= 0.6 is 11.6 Å². The van der Waals surface area contributed by atoms with Gasteiger partial charge in [-0.15, -0.1) is 0 Å². The summed E-state index contributed by atoms with van der Waals surface area (Å²) in [5, 5.41) is 7.85. The molecule has 11 heteroatoms. The predicted octanol–water partition coefficient (Wildman–Crippen LogP) is 2.52. The van der Waals surface area contributed by atoms with Crippen LogP contribution in [0.2, 0.25) is 5.28 Å². The summed E-state index contributed by atoms with van der Waals surface area (Å²) in [4.78, 5) is 8.48. The van der Waals surface area contributed by atoms with Crippen LogP contribution in [0.15, 0.2) is 23.2 Å². The zero-order valence-corrected chi connectivity index (χ0v) is 17.7. The molecule has 1 fully saturated rings. The third-order valence-electron chi connectivity index (χ3n) is 4.62. The standard InChI is InChI=1S/C18H20ClN5O4S/c1-27-12-7-4-10(13(8-12)28-2)9-24-16-14(17(23-24)29(3,25)26)15(20-11-5-6-11)21-18(19)22-16/h4,7-8,11H,5-6,9H2,1-3H3,(H,20,21,22). The van der Waals surface area contributed by atoms with E-state index < -0.39 is 9.84 Å². The Hall–Kier alpha value is -2.59. The molecule has 1 N–H and O–H groups in total. The predicted molar refractivity (Wildman–Crippen MR) is 109 cm³/mol. The highest BCUT2D eigenvalue weighted by Gasteiger charge is 2.28. The van der Waals surface area contributed by atoms with Crippen LogP contribution in [0.25, 0.3) is 11.0 Å². The second-order valence-electron chi connectivity index (χ2n) is 6.87. The monoisotopic (exact) mass is 437 g/mol. The van der Waals surface area contributed by atoms with E-state index in [9.17, 15) is 8.42 Å². The van der Waals surface area contributed by atoms with Crippen molar-refractivity contribution < 1.29 is 17.9 Å². The van der Waals surface area contributed by atoms with Gasteiger partial charge in [-0.25, -0.2) is 13.1 Å². The van der Waals surface area contributed by atoms with E-state index in [0.717, 1.165) is 24.7 Å². The average Bonchev–Trinajstić information content (AvgIpc) is 3.41. The van der Waals surface area contributed by atoms with E-state index in [4.69, 9.17) is 21.1 Å². The quantitative estimate of drug-likeness (QED) is 0.561. The van der Waals surface area contributed by atoms with Crippen molar-refractivity contribution in [2.45, 2.75) is 30.5 Å². The highest BCUT2D eigenvalue weighted by molar-refractivity contribution is 7.90. The van der Waals surface area contributed by atoms with Crippen molar-refractivity contribution in [3.63, 3.8) is 0 Å². The molecular formula is C18H20ClN5O4S. The number of fused-ring (bicyclic) bond motifs is 1. The van der Waals surface area contributed by atoms with E-state index >= 15 is 0 Å². The number of ether oxygens (including phenoxy) is 2. The Kier molecular flexibility index (Phi) is 4.99. The second kappa shape index (κ2) is 7.34. The van der Waals surface area contributed by atoms with Crippen LogP contribution in [0.1, 0.15) is 18.4 Å². The molecule has 0 atom stereocenters. The Morgan fingerprint density at radius 2 is 2.00 bits per heavy atom. The van der Waals surface area contributed by atoms with Crippen LogP contribution in [-0.4, -0.2) is 54.7 Å². The maximum Gasteiger partial charge on any atom is 0.226 e. The van der Waals surface area contributed by atoms with Gasteiger partial charge in [0.25, 0.3) is 0 Å². The minimum absolute atomic E-state index is 0.0172. The molecule has 29 heavy (non-hydrogen) atoms. The Morgan fingerprint density at radius 3 is 2.62 bits per heavy atom. The number of halogens is 1. The molecule has 2 aromatic heterocycles. The fourth-order valence-corrected chi connectivity index (χ4v) is 4.02. The number of aromatic nitrogens is 4. The average molecular weight is 438 g/mol. The topological polar surface area (TPSA) is 108 Å². The van der Waals surface area contributed by atoms with Gasteiger partial charge in [0.15, 0.2) is 20.5 Å². The molecular weight excluding hydrogens is 418 g/mol. The first-order valence-corrected chi connectivity index (χ1v) is 11.2. The highest BCUT2D eigenvalue weighted by atomic mass is 35.5. The fraction of sp³-hybridized carbons (Fsp3) is 0.389. The SMILES string of the molecule is COc1ccc(Cn2nc(S(C)(=O)=O)c3c(NC4CC4)nc(Cl)nc32)c(OC)c1. The molecule has 4 rings (SSSR count). The second-order valence-corrected chi connectivity index (χ2v) is 9.14. The van der Waals surface area contributed by atoms with Gasteiger partial charge in [-0.1, -0.05) is 0 Å². The van der Waals surface area contributed by atoms with Crippen molar-refractivity contribution in [3.05, 3.63) is 29.0 Å². The first-order valence-electron chi connectivity index (χ1n) is 8.91. The number of hydrogen-bond acceptors (Lipinski definition) is 8. The van der Waals surface area contributed by atoms with Crippen LogP contribution in [-0.2, 0) is 16.4 Å². The van der Waals surface area contributed by atoms with Crippen molar-refractivity contribution >= 4 is 38.3 Å². The van der Waals surface area contributed by atoms with Gasteiger partial charge in [-0.2, -0.15) is 15.1 Å². The van der Waals surface area contributed by atoms with Crippen molar-refractivity contribution in [2.24, 2.45) is 0 Å². The number of nitrogens with one attached hydrogen (secondary N) is 1. The molecule has 0 bridgehead atoms. The fourth-order valence-electron chi connectivity index (χ4n) is 3.05. The van der Waals surface area contributed by atoms with E-state index in [-0.39, 0.29) is 22.9 Å². The summed E-state index contributed by atoms with van der Waals surface area (Å²) in [6, 6.07) is 5.63. The minimum Gasteiger partial charge on any atom is -0.497 e. The number of anilines is 1. The smallest absolute Gasteiger partial charge is 0.226 e. The van der Waals surface area contributed by atoms with E-state index in [1.165, 1.54) is 4.68 Å². The minimum atomic E-state index is -3.62. The van der Waals surface area contributed by atoms with Gasteiger partial charge < -0.3 is 14.8 Å². The van der Waals surface area contributed by atoms with Gasteiger partial charge in [0.2, 0.25) is 5.28 Å². The van der Waals surface area contributed by atoms with E-state index in [0.29, 0.717) is 28.4 Å². The highest BCUT2D eigenvalue weighted by Crippen LogP contribution is 2.33. The van der Waals surface area contributed by atoms with Gasteiger partial charge in [-0.3, -0.25) is 0 Å². The van der Waals surface area contributed by atoms with Gasteiger partial charge in [0.1, 0.15) is 22.7 Å². The molecule has 1 saturated carbocycles. The lowest BCUT2D eigenvalue weighted by Crippen LogP contribution is -2.07. The summed E-state index contributed by atoms with van der Waals surface area (Å²) in [5.74, 6) is 1.62. The van der Waals surface area contributed by atoms with Crippen LogP contribution in [0, 0.1) is 0 Å². The summed E-state index contributed by atoms with van der Waals surface area (Å²) < 4.78 is 37.0. The molecule has 0 amide bonds. The van der Waals surface area contributed by atoms with Crippen molar-refractivity contribution in [2.75, 3.05) is 25.8 Å². The lowest BCUT2D eigenvalue weighted by molar-refractivity contribution is 0.389. The number of nitrogens with zero attached hydrogens (tertiary/aromatic N) is 4. The van der Waals surface area contributed by atoms with Crippen molar-refractivity contribution in [3.8, 4) is 11.5 Å². The normalized spacial score (nSPS) is 14.2. The van der Waals surface area contributed by atoms with Crippen LogP contribution in [0.5, 0.6) is 11.5 Å². The van der Waals surface area contributed by atoms with Crippen LogP contribution < -0.4 is 14.8 Å². The largest absolute Gasteiger partial charge is 0.497 e. The molecule has 2 heterocycles.